The van der Waals surface area contributed by atoms with Crippen molar-refractivity contribution >= 4 is 5.91 Å². The lowest BCUT2D eigenvalue weighted by Crippen LogP contribution is -2.36. The first-order chi connectivity index (χ1) is 13.5. The molecule has 152 valence electrons. The predicted molar refractivity (Wildman–Crippen MR) is 111 cm³/mol. The van der Waals surface area contributed by atoms with Crippen LogP contribution in [-0.4, -0.2) is 47.3 Å². The number of nitrogens with zero attached hydrogens (tertiary/aromatic N) is 3. The minimum atomic E-state index is 0.0976. The second-order valence-corrected chi connectivity index (χ2v) is 7.61. The Morgan fingerprint density at radius 1 is 1.21 bits per heavy atom. The van der Waals surface area contributed by atoms with Crippen LogP contribution in [0.15, 0.2) is 24.3 Å². The lowest BCUT2D eigenvalue weighted by Gasteiger charge is -2.28. The number of benzene rings is 1. The summed E-state index contributed by atoms with van der Waals surface area (Å²) >= 11 is 0. The van der Waals surface area contributed by atoms with Crippen LogP contribution in [0.4, 0.5) is 0 Å². The largest absolute Gasteiger partial charge is 0.497 e. The lowest BCUT2D eigenvalue weighted by atomic mass is 10.0. The molecule has 1 atom stereocenters. The first-order valence-corrected chi connectivity index (χ1v) is 10.1. The van der Waals surface area contributed by atoms with Crippen molar-refractivity contribution in [1.82, 2.24) is 20.0 Å². The van der Waals surface area contributed by atoms with E-state index >= 15 is 0 Å². The molecule has 1 aliphatic heterocycles. The summed E-state index contributed by atoms with van der Waals surface area (Å²) in [6.07, 6.45) is 3.66. The topological polar surface area (TPSA) is 59.4 Å². The van der Waals surface area contributed by atoms with Gasteiger partial charge in [0.05, 0.1) is 18.8 Å². The van der Waals surface area contributed by atoms with E-state index in [1.165, 1.54) is 24.0 Å². The van der Waals surface area contributed by atoms with Gasteiger partial charge in [0.2, 0.25) is 5.91 Å². The molecule has 1 saturated heterocycles. The maximum Gasteiger partial charge on any atom is 0.220 e. The number of amides is 1. The number of hydrogen-bond donors (Lipinski definition) is 1. The first kappa shape index (κ1) is 20.4. The van der Waals surface area contributed by atoms with E-state index < -0.39 is 0 Å². The summed E-state index contributed by atoms with van der Waals surface area (Å²) in [5.74, 6) is 0.954. The van der Waals surface area contributed by atoms with Gasteiger partial charge in [-0.2, -0.15) is 5.10 Å². The van der Waals surface area contributed by atoms with Gasteiger partial charge >= 0.3 is 0 Å². The van der Waals surface area contributed by atoms with Crippen LogP contribution in [0.5, 0.6) is 5.75 Å². The summed E-state index contributed by atoms with van der Waals surface area (Å²) in [6.45, 7) is 6.87. The molecule has 1 aliphatic rings. The van der Waals surface area contributed by atoms with Crippen molar-refractivity contribution in [2.24, 2.45) is 7.05 Å². The number of nitrogens with one attached hydrogen (secondary N) is 1. The van der Waals surface area contributed by atoms with Crippen molar-refractivity contribution in [2.75, 3.05) is 26.7 Å². The third kappa shape index (κ3) is 4.73. The van der Waals surface area contributed by atoms with Crippen molar-refractivity contribution < 1.29 is 9.53 Å². The monoisotopic (exact) mass is 384 g/mol. The molecule has 0 saturated carbocycles. The molecule has 28 heavy (non-hydrogen) atoms. The zero-order valence-corrected chi connectivity index (χ0v) is 17.5. The molecule has 1 amide bonds. The van der Waals surface area contributed by atoms with E-state index in [1.54, 1.807) is 7.11 Å². The molecule has 1 fully saturated rings. The van der Waals surface area contributed by atoms with E-state index in [2.05, 4.69) is 34.4 Å². The fourth-order valence-electron chi connectivity index (χ4n) is 4.05. The Hall–Kier alpha value is -2.34. The van der Waals surface area contributed by atoms with Crippen LogP contribution in [-0.2, 0) is 18.3 Å². The fourth-order valence-corrected chi connectivity index (χ4v) is 4.05. The summed E-state index contributed by atoms with van der Waals surface area (Å²) in [7, 11) is 3.63. The van der Waals surface area contributed by atoms with Gasteiger partial charge in [0.1, 0.15) is 5.75 Å². The van der Waals surface area contributed by atoms with E-state index in [9.17, 15) is 4.79 Å². The van der Waals surface area contributed by atoms with E-state index in [4.69, 9.17) is 4.74 Å². The number of hydrogen-bond acceptors (Lipinski definition) is 4. The summed E-state index contributed by atoms with van der Waals surface area (Å²) in [5.41, 5.74) is 4.56. The molecule has 2 aromatic rings. The summed E-state index contributed by atoms with van der Waals surface area (Å²) in [6, 6.07) is 8.41. The molecule has 2 heterocycles. The lowest BCUT2D eigenvalue weighted by molar-refractivity contribution is -0.121. The molecular formula is C22H32N4O2. The second-order valence-electron chi connectivity index (χ2n) is 7.61. The number of likely N-dealkylation sites (tertiary alicyclic amines) is 1. The van der Waals surface area contributed by atoms with E-state index in [-0.39, 0.29) is 11.9 Å². The van der Waals surface area contributed by atoms with Gasteiger partial charge in [-0.3, -0.25) is 14.4 Å². The Balaban J connectivity index is 1.60. The van der Waals surface area contributed by atoms with E-state index in [1.807, 2.05) is 30.8 Å². The first-order valence-electron chi connectivity index (χ1n) is 10.1. The van der Waals surface area contributed by atoms with Gasteiger partial charge in [0.25, 0.3) is 0 Å². The molecule has 0 aliphatic carbocycles. The van der Waals surface area contributed by atoms with Gasteiger partial charge in [-0.1, -0.05) is 12.1 Å². The normalized spacial score (nSPS) is 15.6. The Morgan fingerprint density at radius 3 is 2.46 bits per heavy atom. The average molecular weight is 385 g/mol. The molecule has 1 aromatic heterocycles. The number of aromatic nitrogens is 2. The highest BCUT2D eigenvalue weighted by Crippen LogP contribution is 2.26. The maximum atomic E-state index is 12.5. The van der Waals surface area contributed by atoms with Crippen LogP contribution in [0.25, 0.3) is 0 Å². The van der Waals surface area contributed by atoms with Gasteiger partial charge < -0.3 is 10.1 Å². The fraction of sp³-hybridized carbons (Fsp3) is 0.545. The summed E-state index contributed by atoms with van der Waals surface area (Å²) in [4.78, 5) is 15.0. The number of rotatable bonds is 8. The number of carbonyl (C=O) groups is 1. The van der Waals surface area contributed by atoms with Gasteiger partial charge in [-0.25, -0.2) is 0 Å². The zero-order valence-electron chi connectivity index (χ0n) is 17.5. The van der Waals surface area contributed by atoms with Crippen molar-refractivity contribution in [3.8, 4) is 5.75 Å². The molecule has 1 N–H and O–H groups in total. The molecule has 6 heteroatoms. The van der Waals surface area contributed by atoms with E-state index in [0.29, 0.717) is 13.0 Å². The van der Waals surface area contributed by atoms with Crippen molar-refractivity contribution in [3.05, 3.63) is 46.8 Å². The van der Waals surface area contributed by atoms with Crippen LogP contribution >= 0.6 is 0 Å². The van der Waals surface area contributed by atoms with Gasteiger partial charge in [0, 0.05) is 25.7 Å². The third-order valence-corrected chi connectivity index (χ3v) is 5.84. The van der Waals surface area contributed by atoms with Crippen molar-refractivity contribution in [1.29, 1.82) is 0 Å². The van der Waals surface area contributed by atoms with Gasteiger partial charge in [0.15, 0.2) is 0 Å². The molecule has 0 spiro atoms. The molecule has 1 aromatic carbocycles. The van der Waals surface area contributed by atoms with Crippen LogP contribution in [0, 0.1) is 13.8 Å². The molecule has 6 nitrogen and oxygen atoms in total. The van der Waals surface area contributed by atoms with Crippen LogP contribution in [0.3, 0.4) is 0 Å². The van der Waals surface area contributed by atoms with Crippen molar-refractivity contribution in [3.63, 3.8) is 0 Å². The maximum absolute atomic E-state index is 12.5. The van der Waals surface area contributed by atoms with Crippen molar-refractivity contribution in [2.45, 2.75) is 45.6 Å². The number of carbonyl (C=O) groups excluding carboxylic acids is 1. The Labute approximate surface area is 167 Å². The summed E-state index contributed by atoms with van der Waals surface area (Å²) in [5, 5.41) is 7.60. The summed E-state index contributed by atoms with van der Waals surface area (Å²) < 4.78 is 7.16. The molecular weight excluding hydrogens is 352 g/mol. The second kappa shape index (κ2) is 9.24. The van der Waals surface area contributed by atoms with Gasteiger partial charge in [-0.05, 0) is 69.5 Å². The van der Waals surface area contributed by atoms with Crippen LogP contribution in [0.1, 0.15) is 47.8 Å². The average Bonchev–Trinajstić information content (AvgIpc) is 3.30. The number of ether oxygens (including phenoxy) is 1. The Morgan fingerprint density at radius 2 is 1.89 bits per heavy atom. The highest BCUT2D eigenvalue weighted by atomic mass is 16.5. The number of methoxy groups -OCH3 is 1. The molecule has 1 unspecified atom stereocenters. The third-order valence-electron chi connectivity index (χ3n) is 5.84. The van der Waals surface area contributed by atoms with Crippen LogP contribution < -0.4 is 10.1 Å². The standard InChI is InChI=1S/C22H32N4O2/c1-16-20(17(2)25(3)24-16)11-12-22(27)23-15-21(26-13-5-6-14-26)18-7-9-19(28-4)10-8-18/h7-10,21H,5-6,11-15H2,1-4H3,(H,23,27). The smallest absolute Gasteiger partial charge is 0.220 e. The SMILES string of the molecule is COc1ccc(C(CNC(=O)CCc2c(C)nn(C)c2C)N2CCCC2)cc1. The van der Waals surface area contributed by atoms with Gasteiger partial charge in [-0.15, -0.1) is 0 Å². The highest BCUT2D eigenvalue weighted by molar-refractivity contribution is 5.76. The quantitative estimate of drug-likeness (QED) is 0.760. The minimum absolute atomic E-state index is 0.0976. The number of aryl methyl sites for hydroxylation is 2. The zero-order chi connectivity index (χ0) is 20.1. The predicted octanol–water partition coefficient (Wildman–Crippen LogP) is 2.93. The van der Waals surface area contributed by atoms with Crippen LogP contribution in [0.2, 0.25) is 0 Å². The molecule has 3 rings (SSSR count). The highest BCUT2D eigenvalue weighted by Gasteiger charge is 2.24. The van der Waals surface area contributed by atoms with E-state index in [0.717, 1.165) is 36.6 Å². The molecule has 0 bridgehead atoms. The Kier molecular flexibility index (Phi) is 6.73. The Bertz CT molecular complexity index is 792. The minimum Gasteiger partial charge on any atom is -0.497 e. The molecule has 0 radical (unpaired) electrons.